The lowest BCUT2D eigenvalue weighted by molar-refractivity contribution is 0.0128. The van der Waals surface area contributed by atoms with Crippen LogP contribution in [0.4, 0.5) is 0 Å². The van der Waals surface area contributed by atoms with Crippen molar-refractivity contribution in [3.8, 4) is 0 Å². The highest BCUT2D eigenvalue weighted by molar-refractivity contribution is 9.10. The highest BCUT2D eigenvalue weighted by atomic mass is 79.9. The van der Waals surface area contributed by atoms with Crippen LogP contribution in [-0.2, 0) is 6.42 Å². The molecule has 1 aromatic rings. The van der Waals surface area contributed by atoms with Crippen LogP contribution in [0, 0.1) is 11.3 Å². The minimum atomic E-state index is -0.233. The third-order valence-corrected chi connectivity index (χ3v) is 5.46. The number of hydrogen-bond donors (Lipinski definition) is 1. The Morgan fingerprint density at radius 3 is 3.00 bits per heavy atom. The fourth-order valence-corrected chi connectivity index (χ4v) is 4.19. The van der Waals surface area contributed by atoms with E-state index in [1.807, 2.05) is 12.1 Å². The summed E-state index contributed by atoms with van der Waals surface area (Å²) in [5.74, 6) is 0.574. The molecule has 3 atom stereocenters. The zero-order valence-electron chi connectivity index (χ0n) is 11.2. The zero-order chi connectivity index (χ0) is 13.6. The summed E-state index contributed by atoms with van der Waals surface area (Å²) in [5, 5.41) is 10.0. The highest BCUT2D eigenvalue weighted by Gasteiger charge is 2.49. The van der Waals surface area contributed by atoms with Gasteiger partial charge in [-0.3, -0.25) is 4.79 Å². The van der Waals surface area contributed by atoms with Crippen LogP contribution in [0.25, 0.3) is 0 Å². The van der Waals surface area contributed by atoms with Crippen molar-refractivity contribution in [3.05, 3.63) is 33.8 Å². The van der Waals surface area contributed by atoms with E-state index in [4.69, 9.17) is 0 Å². The van der Waals surface area contributed by atoms with E-state index in [1.54, 1.807) is 0 Å². The van der Waals surface area contributed by atoms with Gasteiger partial charge in [-0.25, -0.2) is 0 Å². The maximum Gasteiger partial charge on any atom is 0.169 e. The first kappa shape index (κ1) is 13.3. The number of hydrogen-bond acceptors (Lipinski definition) is 2. The molecule has 0 bridgehead atoms. The number of aliphatic hydroxyl groups excluding tert-OH is 1. The summed E-state index contributed by atoms with van der Waals surface area (Å²) in [6.07, 6.45) is 4.03. The lowest BCUT2D eigenvalue weighted by Gasteiger charge is -2.39. The van der Waals surface area contributed by atoms with Gasteiger partial charge in [-0.1, -0.05) is 35.3 Å². The Morgan fingerprint density at radius 2 is 2.26 bits per heavy atom. The van der Waals surface area contributed by atoms with E-state index in [2.05, 4.69) is 28.9 Å². The molecule has 3 heteroatoms. The van der Waals surface area contributed by atoms with Crippen LogP contribution in [0.3, 0.4) is 0 Å². The van der Waals surface area contributed by atoms with Gasteiger partial charge in [-0.15, -0.1) is 0 Å². The van der Waals surface area contributed by atoms with Crippen LogP contribution in [0.1, 0.15) is 48.5 Å². The molecule has 0 aromatic heterocycles. The van der Waals surface area contributed by atoms with Crippen LogP contribution in [0.5, 0.6) is 0 Å². The van der Waals surface area contributed by atoms with Crippen molar-refractivity contribution in [2.45, 2.75) is 45.1 Å². The summed E-state index contributed by atoms with van der Waals surface area (Å²) in [6.45, 7) is 2.11. The van der Waals surface area contributed by atoms with E-state index in [1.165, 1.54) is 5.56 Å². The number of ketones is 1. The van der Waals surface area contributed by atoms with Gasteiger partial charge in [0.25, 0.3) is 0 Å². The standard InChI is InChI=1S/C16H19BrO2/c1-2-10-8-16(6-5-14(10)18)9-11-3-4-12(17)7-13(11)15(16)19/h3-4,7,10,14,18H,2,5-6,8-9H2,1H3/t10-,14-,16-/m1/s1. The molecule has 0 radical (unpaired) electrons. The molecule has 0 aliphatic heterocycles. The lowest BCUT2D eigenvalue weighted by Crippen LogP contribution is -2.40. The fraction of sp³-hybridized carbons (Fsp3) is 0.562. The Kier molecular flexibility index (Phi) is 3.30. The Labute approximate surface area is 122 Å². The van der Waals surface area contributed by atoms with E-state index >= 15 is 0 Å². The number of benzene rings is 1. The fourth-order valence-electron chi connectivity index (χ4n) is 3.83. The van der Waals surface area contributed by atoms with Crippen LogP contribution in [-0.4, -0.2) is 17.0 Å². The molecule has 0 unspecified atom stereocenters. The Hall–Kier alpha value is -0.670. The molecule has 3 rings (SSSR count). The predicted octanol–water partition coefficient (Wildman–Crippen LogP) is 3.75. The van der Waals surface area contributed by atoms with Crippen LogP contribution in [0.2, 0.25) is 0 Å². The largest absolute Gasteiger partial charge is 0.393 e. The summed E-state index contributed by atoms with van der Waals surface area (Å²) in [7, 11) is 0. The van der Waals surface area contributed by atoms with Gasteiger partial charge < -0.3 is 5.11 Å². The van der Waals surface area contributed by atoms with Gasteiger partial charge in [-0.2, -0.15) is 0 Å². The number of Topliss-reactive ketones (excluding diaryl/α,β-unsaturated/α-hetero) is 1. The van der Waals surface area contributed by atoms with Crippen molar-refractivity contribution < 1.29 is 9.90 Å². The SMILES string of the molecule is CC[C@@H]1C[C@]2(CC[C@H]1O)Cc1ccc(Br)cc1C2=O. The maximum atomic E-state index is 12.8. The van der Waals surface area contributed by atoms with Gasteiger partial charge in [0.15, 0.2) is 5.78 Å². The third-order valence-electron chi connectivity index (χ3n) is 4.97. The molecule has 0 amide bonds. The third kappa shape index (κ3) is 2.07. The van der Waals surface area contributed by atoms with E-state index in [-0.39, 0.29) is 17.4 Å². The van der Waals surface area contributed by atoms with Crippen molar-refractivity contribution in [3.63, 3.8) is 0 Å². The number of fused-ring (bicyclic) bond motifs is 1. The number of carbonyl (C=O) groups excluding carboxylic acids is 1. The lowest BCUT2D eigenvalue weighted by atomic mass is 9.65. The summed E-state index contributed by atoms with van der Waals surface area (Å²) in [5.41, 5.74) is 1.84. The minimum Gasteiger partial charge on any atom is -0.393 e. The van der Waals surface area contributed by atoms with E-state index in [9.17, 15) is 9.90 Å². The minimum absolute atomic E-state index is 0.223. The molecule has 0 heterocycles. The summed E-state index contributed by atoms with van der Waals surface area (Å²) in [4.78, 5) is 12.8. The Bertz CT molecular complexity index is 525. The van der Waals surface area contributed by atoms with Gasteiger partial charge in [0, 0.05) is 15.5 Å². The first-order chi connectivity index (χ1) is 9.05. The summed E-state index contributed by atoms with van der Waals surface area (Å²) in [6, 6.07) is 6.04. The first-order valence-corrected chi connectivity index (χ1v) is 7.86. The molecular weight excluding hydrogens is 304 g/mol. The van der Waals surface area contributed by atoms with Gasteiger partial charge in [0.05, 0.1) is 6.10 Å². The summed E-state index contributed by atoms with van der Waals surface area (Å²) >= 11 is 3.45. The normalized spacial score (nSPS) is 33.7. The van der Waals surface area contributed by atoms with E-state index in [0.717, 1.165) is 42.1 Å². The Morgan fingerprint density at radius 1 is 1.47 bits per heavy atom. The van der Waals surface area contributed by atoms with Crippen molar-refractivity contribution in [2.24, 2.45) is 11.3 Å². The molecule has 0 saturated heterocycles. The summed E-state index contributed by atoms with van der Waals surface area (Å²) < 4.78 is 0.972. The van der Waals surface area contributed by atoms with Crippen LogP contribution >= 0.6 is 15.9 Å². The van der Waals surface area contributed by atoms with E-state index < -0.39 is 0 Å². The monoisotopic (exact) mass is 322 g/mol. The number of carbonyl (C=O) groups is 1. The zero-order valence-corrected chi connectivity index (χ0v) is 12.7. The van der Waals surface area contributed by atoms with Gasteiger partial charge in [0.1, 0.15) is 0 Å². The average molecular weight is 323 g/mol. The van der Waals surface area contributed by atoms with Crippen LogP contribution < -0.4 is 0 Å². The molecule has 19 heavy (non-hydrogen) atoms. The van der Waals surface area contributed by atoms with E-state index in [0.29, 0.717) is 5.78 Å². The average Bonchev–Trinajstić information content (AvgIpc) is 2.67. The second-order valence-corrected chi connectivity index (χ2v) is 6.98. The molecule has 1 fully saturated rings. The first-order valence-electron chi connectivity index (χ1n) is 7.07. The molecule has 2 aliphatic carbocycles. The molecule has 1 spiro atoms. The second-order valence-electron chi connectivity index (χ2n) is 6.07. The highest BCUT2D eigenvalue weighted by Crippen LogP contribution is 2.49. The quantitative estimate of drug-likeness (QED) is 0.855. The maximum absolute atomic E-state index is 12.8. The van der Waals surface area contributed by atoms with Crippen molar-refractivity contribution in [1.29, 1.82) is 0 Å². The predicted molar refractivity (Wildman–Crippen MR) is 78.2 cm³/mol. The van der Waals surface area contributed by atoms with Gasteiger partial charge in [-0.05, 0) is 49.3 Å². The smallest absolute Gasteiger partial charge is 0.169 e. The van der Waals surface area contributed by atoms with Crippen LogP contribution in [0.15, 0.2) is 22.7 Å². The Balaban J connectivity index is 1.94. The van der Waals surface area contributed by atoms with Gasteiger partial charge >= 0.3 is 0 Å². The number of rotatable bonds is 1. The molecule has 1 saturated carbocycles. The molecular formula is C16H19BrO2. The molecule has 1 N–H and O–H groups in total. The van der Waals surface area contributed by atoms with Crippen molar-refractivity contribution in [1.82, 2.24) is 0 Å². The molecule has 2 aliphatic rings. The molecule has 1 aromatic carbocycles. The molecule has 102 valence electrons. The second kappa shape index (κ2) is 4.71. The molecule has 2 nitrogen and oxygen atoms in total. The topological polar surface area (TPSA) is 37.3 Å². The van der Waals surface area contributed by atoms with Crippen molar-refractivity contribution in [2.75, 3.05) is 0 Å². The van der Waals surface area contributed by atoms with Crippen molar-refractivity contribution >= 4 is 21.7 Å². The number of aliphatic hydroxyl groups is 1. The van der Waals surface area contributed by atoms with Gasteiger partial charge in [0.2, 0.25) is 0 Å². The number of halogens is 1.